The van der Waals surface area contributed by atoms with E-state index in [-0.39, 0.29) is 5.25 Å². The standard InChI is InChI=1S/C23H25N3O3S/c1-3-29-18-13-11-17(12-14-18)26-22(16-7-6-8-19(15-16)28-2)24-25-23(26)30-21-10-5-4-9-20(21)27/h6-8,11-15,21H,3-5,9-10H2,1-2H3/t21-/m1/s1. The fourth-order valence-electron chi connectivity index (χ4n) is 3.59. The highest BCUT2D eigenvalue weighted by atomic mass is 32.2. The number of rotatable bonds is 7. The van der Waals surface area contributed by atoms with Crippen LogP contribution in [-0.4, -0.2) is 39.5 Å². The summed E-state index contributed by atoms with van der Waals surface area (Å²) in [5.41, 5.74) is 1.82. The second-order valence-electron chi connectivity index (χ2n) is 7.12. The van der Waals surface area contributed by atoms with Gasteiger partial charge in [0, 0.05) is 17.7 Å². The van der Waals surface area contributed by atoms with Crippen LogP contribution >= 0.6 is 11.8 Å². The Bertz CT molecular complexity index is 1020. The third kappa shape index (κ3) is 4.36. The van der Waals surface area contributed by atoms with Crippen LogP contribution in [0.1, 0.15) is 32.6 Å². The first-order valence-corrected chi connectivity index (χ1v) is 11.1. The van der Waals surface area contributed by atoms with Crippen LogP contribution in [0, 0.1) is 0 Å². The maximum atomic E-state index is 12.4. The van der Waals surface area contributed by atoms with Crippen molar-refractivity contribution in [2.24, 2.45) is 0 Å². The van der Waals surface area contributed by atoms with Crippen LogP contribution in [0.2, 0.25) is 0 Å². The SMILES string of the molecule is CCOc1ccc(-n2c(S[C@@H]3CCCCC3=O)nnc2-c2cccc(OC)c2)cc1. The molecule has 6 nitrogen and oxygen atoms in total. The van der Waals surface area contributed by atoms with Crippen LogP contribution in [0.4, 0.5) is 0 Å². The summed E-state index contributed by atoms with van der Waals surface area (Å²) < 4.78 is 13.0. The lowest BCUT2D eigenvalue weighted by molar-refractivity contribution is -0.119. The van der Waals surface area contributed by atoms with E-state index in [1.54, 1.807) is 7.11 Å². The molecule has 30 heavy (non-hydrogen) atoms. The van der Waals surface area contributed by atoms with Gasteiger partial charge in [-0.15, -0.1) is 10.2 Å². The highest BCUT2D eigenvalue weighted by Crippen LogP contribution is 2.35. The summed E-state index contributed by atoms with van der Waals surface area (Å²) in [6.07, 6.45) is 3.59. The molecule has 0 unspecified atom stereocenters. The minimum absolute atomic E-state index is 0.0671. The number of aromatic nitrogens is 3. The summed E-state index contributed by atoms with van der Waals surface area (Å²) in [4.78, 5) is 12.4. The minimum atomic E-state index is -0.0671. The molecule has 1 aliphatic carbocycles. The summed E-state index contributed by atoms with van der Waals surface area (Å²) >= 11 is 1.51. The first-order valence-electron chi connectivity index (χ1n) is 10.2. The molecule has 0 aliphatic heterocycles. The molecule has 0 bridgehead atoms. The number of hydrogen-bond donors (Lipinski definition) is 0. The molecule has 7 heteroatoms. The van der Waals surface area contributed by atoms with Gasteiger partial charge in [-0.05, 0) is 56.2 Å². The lowest BCUT2D eigenvalue weighted by Crippen LogP contribution is -2.21. The molecule has 1 saturated carbocycles. The summed E-state index contributed by atoms with van der Waals surface area (Å²) in [5, 5.41) is 9.60. The van der Waals surface area contributed by atoms with Gasteiger partial charge in [0.05, 0.1) is 19.0 Å². The number of ketones is 1. The quantitative estimate of drug-likeness (QED) is 0.536. The van der Waals surface area contributed by atoms with Crippen LogP contribution in [0.5, 0.6) is 11.5 Å². The molecule has 4 rings (SSSR count). The van der Waals surface area contributed by atoms with Crippen LogP contribution in [0.25, 0.3) is 17.1 Å². The molecule has 0 amide bonds. The number of nitrogens with zero attached hydrogens (tertiary/aromatic N) is 3. The zero-order chi connectivity index (χ0) is 20.9. The third-order valence-corrected chi connectivity index (χ3v) is 6.37. The number of ether oxygens (including phenoxy) is 2. The van der Waals surface area contributed by atoms with Crippen LogP contribution in [0.3, 0.4) is 0 Å². The van der Waals surface area contributed by atoms with Crippen molar-refractivity contribution in [3.8, 4) is 28.6 Å². The Kier molecular flexibility index (Phi) is 6.38. The van der Waals surface area contributed by atoms with Gasteiger partial charge in [0.2, 0.25) is 0 Å². The van der Waals surface area contributed by atoms with Crippen molar-refractivity contribution in [1.29, 1.82) is 0 Å². The van der Waals surface area contributed by atoms with Gasteiger partial charge in [-0.3, -0.25) is 9.36 Å². The van der Waals surface area contributed by atoms with E-state index in [2.05, 4.69) is 10.2 Å². The second kappa shape index (κ2) is 9.34. The van der Waals surface area contributed by atoms with Crippen molar-refractivity contribution in [1.82, 2.24) is 14.8 Å². The second-order valence-corrected chi connectivity index (χ2v) is 8.29. The molecule has 1 atom stereocenters. The average Bonchev–Trinajstić information content (AvgIpc) is 3.20. The molecular weight excluding hydrogens is 398 g/mol. The maximum Gasteiger partial charge on any atom is 0.196 e. The number of methoxy groups -OCH3 is 1. The predicted molar refractivity (Wildman–Crippen MR) is 118 cm³/mol. The molecular formula is C23H25N3O3S. The van der Waals surface area contributed by atoms with Crippen LogP contribution < -0.4 is 9.47 Å². The average molecular weight is 424 g/mol. The van der Waals surface area contributed by atoms with E-state index in [9.17, 15) is 4.79 Å². The molecule has 1 heterocycles. The Balaban J connectivity index is 1.76. The summed E-state index contributed by atoms with van der Waals surface area (Å²) in [5.74, 6) is 2.58. The van der Waals surface area contributed by atoms with Gasteiger partial charge in [0.1, 0.15) is 17.3 Å². The molecule has 3 aromatic rings. The zero-order valence-corrected chi connectivity index (χ0v) is 18.0. The zero-order valence-electron chi connectivity index (χ0n) is 17.2. The van der Waals surface area contributed by atoms with E-state index >= 15 is 0 Å². The summed E-state index contributed by atoms with van der Waals surface area (Å²) in [7, 11) is 1.65. The fraction of sp³-hybridized carbons (Fsp3) is 0.348. The molecule has 1 aromatic heterocycles. The number of carbonyl (C=O) groups is 1. The Morgan fingerprint density at radius 3 is 2.67 bits per heavy atom. The van der Waals surface area contributed by atoms with Gasteiger partial charge < -0.3 is 9.47 Å². The van der Waals surface area contributed by atoms with Crippen molar-refractivity contribution >= 4 is 17.5 Å². The Morgan fingerprint density at radius 2 is 1.93 bits per heavy atom. The maximum absolute atomic E-state index is 12.4. The first-order chi connectivity index (χ1) is 14.7. The van der Waals surface area contributed by atoms with E-state index in [0.29, 0.717) is 24.6 Å². The molecule has 0 radical (unpaired) electrons. The highest BCUT2D eigenvalue weighted by Gasteiger charge is 2.27. The molecule has 1 aliphatic rings. The van der Waals surface area contributed by atoms with Gasteiger partial charge in [-0.25, -0.2) is 0 Å². The van der Waals surface area contributed by atoms with Crippen LogP contribution in [0.15, 0.2) is 53.7 Å². The minimum Gasteiger partial charge on any atom is -0.497 e. The largest absolute Gasteiger partial charge is 0.497 e. The topological polar surface area (TPSA) is 66.2 Å². The van der Waals surface area contributed by atoms with E-state index in [4.69, 9.17) is 9.47 Å². The van der Waals surface area contributed by atoms with E-state index in [1.807, 2.05) is 60.0 Å². The smallest absolute Gasteiger partial charge is 0.196 e. The van der Waals surface area contributed by atoms with Gasteiger partial charge in [0.25, 0.3) is 0 Å². The summed E-state index contributed by atoms with van der Waals surface area (Å²) in [6.45, 7) is 2.58. The molecule has 0 saturated heterocycles. The Labute approximate surface area is 180 Å². The van der Waals surface area contributed by atoms with Crippen LogP contribution in [-0.2, 0) is 4.79 Å². The van der Waals surface area contributed by atoms with Crippen molar-refractivity contribution in [2.45, 2.75) is 43.0 Å². The van der Waals surface area contributed by atoms with Gasteiger partial charge >= 0.3 is 0 Å². The predicted octanol–water partition coefficient (Wildman–Crippen LogP) is 4.95. The van der Waals surface area contributed by atoms with Crippen molar-refractivity contribution < 1.29 is 14.3 Å². The number of Topliss-reactive ketones (excluding diaryl/α,β-unsaturated/α-hetero) is 1. The lowest BCUT2D eigenvalue weighted by atomic mass is 9.99. The Hall–Kier alpha value is -2.80. The summed E-state index contributed by atoms with van der Waals surface area (Å²) in [6, 6.07) is 15.6. The van der Waals surface area contributed by atoms with Gasteiger partial charge in [-0.2, -0.15) is 0 Å². The monoisotopic (exact) mass is 423 g/mol. The van der Waals surface area contributed by atoms with E-state index in [0.717, 1.165) is 47.2 Å². The Morgan fingerprint density at radius 1 is 1.10 bits per heavy atom. The number of benzene rings is 2. The van der Waals surface area contributed by atoms with Crippen molar-refractivity contribution in [3.05, 3.63) is 48.5 Å². The molecule has 2 aromatic carbocycles. The van der Waals surface area contributed by atoms with Gasteiger partial charge in [0.15, 0.2) is 11.0 Å². The number of carbonyl (C=O) groups excluding carboxylic acids is 1. The fourth-order valence-corrected chi connectivity index (χ4v) is 4.76. The van der Waals surface area contributed by atoms with Crippen molar-refractivity contribution in [3.63, 3.8) is 0 Å². The number of hydrogen-bond acceptors (Lipinski definition) is 6. The normalized spacial score (nSPS) is 16.5. The molecule has 1 fully saturated rings. The van der Waals surface area contributed by atoms with E-state index in [1.165, 1.54) is 11.8 Å². The first kappa shape index (κ1) is 20.5. The van der Waals surface area contributed by atoms with Crippen molar-refractivity contribution in [2.75, 3.05) is 13.7 Å². The van der Waals surface area contributed by atoms with E-state index < -0.39 is 0 Å². The number of thioether (sulfide) groups is 1. The van der Waals surface area contributed by atoms with Gasteiger partial charge in [-0.1, -0.05) is 30.3 Å². The molecule has 0 spiro atoms. The molecule has 0 N–H and O–H groups in total. The molecule has 156 valence electrons. The highest BCUT2D eigenvalue weighted by molar-refractivity contribution is 8.00. The third-order valence-electron chi connectivity index (χ3n) is 5.11. The lowest BCUT2D eigenvalue weighted by Gasteiger charge is -2.20.